The maximum atomic E-state index is 13.7. The van der Waals surface area contributed by atoms with Crippen molar-refractivity contribution in [3.8, 4) is 11.5 Å². The second-order valence-corrected chi connectivity index (χ2v) is 10.5. The summed E-state index contributed by atoms with van der Waals surface area (Å²) >= 11 is 0. The highest BCUT2D eigenvalue weighted by Gasteiger charge is 2.41. The average molecular weight is 491 g/mol. The van der Waals surface area contributed by atoms with Gasteiger partial charge in [0.25, 0.3) is 0 Å². The van der Waals surface area contributed by atoms with Gasteiger partial charge in [-0.2, -0.15) is 4.31 Å². The second kappa shape index (κ2) is 10.4. The van der Waals surface area contributed by atoms with Gasteiger partial charge in [-0.05, 0) is 42.0 Å². The van der Waals surface area contributed by atoms with Crippen LogP contribution in [0.1, 0.15) is 31.4 Å². The van der Waals surface area contributed by atoms with Gasteiger partial charge in [0.05, 0.1) is 19.1 Å². The van der Waals surface area contributed by atoms with Crippen molar-refractivity contribution < 1.29 is 32.6 Å². The van der Waals surface area contributed by atoms with Crippen molar-refractivity contribution in [2.24, 2.45) is 5.92 Å². The predicted octanol–water partition coefficient (Wildman–Crippen LogP) is 2.43. The number of carbonyl (C=O) groups is 2. The third-order valence-corrected chi connectivity index (χ3v) is 7.64. The van der Waals surface area contributed by atoms with Crippen LogP contribution in [0.3, 0.4) is 0 Å². The van der Waals surface area contributed by atoms with Gasteiger partial charge in [0.2, 0.25) is 15.9 Å². The third kappa shape index (κ3) is 5.34. The molecule has 1 aliphatic heterocycles. The maximum absolute atomic E-state index is 13.7. The number of carboxylic acids is 1. The van der Waals surface area contributed by atoms with Gasteiger partial charge in [0.15, 0.2) is 11.5 Å². The number of carbonyl (C=O) groups excluding carboxylic acids is 1. The molecule has 0 aliphatic carbocycles. The number of fused-ring (bicyclic) bond motifs is 1. The Morgan fingerprint density at radius 3 is 2.32 bits per heavy atom. The summed E-state index contributed by atoms with van der Waals surface area (Å²) in [5, 5.41) is 12.1. The van der Waals surface area contributed by atoms with E-state index in [0.717, 1.165) is 15.4 Å². The zero-order chi connectivity index (χ0) is 25.0. The van der Waals surface area contributed by atoms with Crippen molar-refractivity contribution >= 4 is 21.9 Å². The Hall–Kier alpha value is -3.11. The molecule has 0 saturated carbocycles. The molecule has 34 heavy (non-hydrogen) atoms. The van der Waals surface area contributed by atoms with Gasteiger partial charge < -0.3 is 19.9 Å². The summed E-state index contributed by atoms with van der Waals surface area (Å²) in [7, 11) is -1.29. The number of hydrogen-bond donors (Lipinski definition) is 2. The molecular weight excluding hydrogens is 460 g/mol. The fraction of sp³-hybridized carbons (Fsp3) is 0.417. The smallest absolute Gasteiger partial charge is 0.326 e. The molecule has 0 saturated heterocycles. The van der Waals surface area contributed by atoms with Crippen LogP contribution in [0.15, 0.2) is 47.4 Å². The minimum Gasteiger partial charge on any atom is -0.493 e. The van der Waals surface area contributed by atoms with Gasteiger partial charge in [-0.15, -0.1) is 0 Å². The highest BCUT2D eigenvalue weighted by molar-refractivity contribution is 7.89. The van der Waals surface area contributed by atoms with E-state index in [1.807, 2.05) is 38.1 Å². The molecule has 1 aliphatic rings. The lowest BCUT2D eigenvalue weighted by atomic mass is 9.95. The molecule has 10 heteroatoms. The van der Waals surface area contributed by atoms with Gasteiger partial charge in [-0.3, -0.25) is 4.79 Å². The largest absolute Gasteiger partial charge is 0.493 e. The van der Waals surface area contributed by atoms with Crippen molar-refractivity contribution in [1.82, 2.24) is 9.62 Å². The number of carboxylic acid groups (broad SMARTS) is 1. The van der Waals surface area contributed by atoms with Crippen molar-refractivity contribution in [2.45, 2.75) is 50.2 Å². The van der Waals surface area contributed by atoms with Gasteiger partial charge in [0.1, 0.15) is 12.1 Å². The molecule has 2 aromatic rings. The second-order valence-electron chi connectivity index (χ2n) is 8.58. The summed E-state index contributed by atoms with van der Waals surface area (Å²) in [6.07, 6.45) is 0.357. The number of nitrogens with zero attached hydrogens (tertiary/aromatic N) is 1. The third-order valence-electron chi connectivity index (χ3n) is 5.79. The van der Waals surface area contributed by atoms with Crippen LogP contribution in [-0.4, -0.2) is 56.0 Å². The Balaban J connectivity index is 2.01. The van der Waals surface area contributed by atoms with Crippen LogP contribution < -0.4 is 14.8 Å². The molecule has 0 radical (unpaired) electrons. The van der Waals surface area contributed by atoms with Crippen LogP contribution in [0.2, 0.25) is 0 Å². The fourth-order valence-electron chi connectivity index (χ4n) is 4.05. The molecule has 2 atom stereocenters. The van der Waals surface area contributed by atoms with Gasteiger partial charge >= 0.3 is 5.97 Å². The molecule has 2 N–H and O–H groups in total. The lowest BCUT2D eigenvalue weighted by Crippen LogP contribution is -2.55. The minimum absolute atomic E-state index is 0.0210. The van der Waals surface area contributed by atoms with Gasteiger partial charge in [0, 0.05) is 12.6 Å². The maximum Gasteiger partial charge on any atom is 0.326 e. The zero-order valence-electron chi connectivity index (χ0n) is 19.6. The number of amides is 1. The molecule has 0 spiro atoms. The molecule has 3 rings (SSSR count). The van der Waals surface area contributed by atoms with E-state index in [-0.39, 0.29) is 35.9 Å². The molecule has 0 bridgehead atoms. The molecular formula is C24H30N2O7S. The van der Waals surface area contributed by atoms with E-state index in [2.05, 4.69) is 5.32 Å². The SMILES string of the molecule is COc1ccc(S(=O)(=O)N2Cc3ccccc3CC2C(=O)NC(CC(C)C)C(=O)O)cc1OC. The quantitative estimate of drug-likeness (QED) is 0.554. The molecule has 1 heterocycles. The monoisotopic (exact) mass is 490 g/mol. The first-order valence-corrected chi connectivity index (χ1v) is 12.4. The number of hydrogen-bond acceptors (Lipinski definition) is 6. The number of aliphatic carboxylic acids is 1. The fourth-order valence-corrected chi connectivity index (χ4v) is 5.63. The van der Waals surface area contributed by atoms with E-state index in [1.165, 1.54) is 32.4 Å². The van der Waals surface area contributed by atoms with Crippen molar-refractivity contribution in [3.05, 3.63) is 53.6 Å². The highest BCUT2D eigenvalue weighted by Crippen LogP contribution is 2.34. The molecule has 0 aromatic heterocycles. The number of benzene rings is 2. The lowest BCUT2D eigenvalue weighted by molar-refractivity contribution is -0.143. The van der Waals surface area contributed by atoms with E-state index in [9.17, 15) is 23.1 Å². The van der Waals surface area contributed by atoms with Crippen LogP contribution in [-0.2, 0) is 32.6 Å². The van der Waals surface area contributed by atoms with Crippen LogP contribution in [0.25, 0.3) is 0 Å². The topological polar surface area (TPSA) is 122 Å². The molecule has 0 fully saturated rings. The Morgan fingerprint density at radius 2 is 1.74 bits per heavy atom. The summed E-state index contributed by atoms with van der Waals surface area (Å²) < 4.78 is 39.0. The van der Waals surface area contributed by atoms with E-state index in [1.54, 1.807) is 0 Å². The first-order chi connectivity index (χ1) is 16.1. The number of methoxy groups -OCH3 is 2. The molecule has 1 amide bonds. The number of sulfonamides is 1. The molecule has 2 aromatic carbocycles. The first kappa shape index (κ1) is 25.5. The molecule has 9 nitrogen and oxygen atoms in total. The summed E-state index contributed by atoms with van der Waals surface area (Å²) in [6, 6.07) is 9.31. The Kier molecular flexibility index (Phi) is 7.83. The standard InChI is InChI=1S/C24H30N2O7S/c1-15(2)11-19(24(28)29)25-23(27)20-12-16-7-5-6-8-17(16)14-26(20)34(30,31)18-9-10-21(32-3)22(13-18)33-4/h5-10,13,15,19-20H,11-12,14H2,1-4H3,(H,25,27)(H,28,29). The Morgan fingerprint density at radius 1 is 1.09 bits per heavy atom. The zero-order valence-corrected chi connectivity index (χ0v) is 20.5. The Labute approximate surface area is 199 Å². The predicted molar refractivity (Wildman–Crippen MR) is 125 cm³/mol. The summed E-state index contributed by atoms with van der Waals surface area (Å²) in [4.78, 5) is 24.9. The Bertz CT molecular complexity index is 1160. The molecule has 2 unspecified atom stereocenters. The van der Waals surface area contributed by atoms with E-state index < -0.39 is 34.0 Å². The van der Waals surface area contributed by atoms with Crippen molar-refractivity contribution in [2.75, 3.05) is 14.2 Å². The number of nitrogens with one attached hydrogen (secondary N) is 1. The van der Waals surface area contributed by atoms with Crippen LogP contribution in [0, 0.1) is 5.92 Å². The number of rotatable bonds is 9. The summed E-state index contributed by atoms with van der Waals surface area (Å²) in [5.74, 6) is -1.16. The average Bonchev–Trinajstić information content (AvgIpc) is 2.81. The summed E-state index contributed by atoms with van der Waals surface area (Å²) in [6.45, 7) is 3.69. The number of ether oxygens (including phenoxy) is 2. The van der Waals surface area contributed by atoms with Crippen LogP contribution >= 0.6 is 0 Å². The van der Waals surface area contributed by atoms with E-state index >= 15 is 0 Å². The summed E-state index contributed by atoms with van der Waals surface area (Å²) in [5.41, 5.74) is 1.63. The normalized spacial score (nSPS) is 17.0. The minimum atomic E-state index is -4.15. The van der Waals surface area contributed by atoms with Crippen molar-refractivity contribution in [3.63, 3.8) is 0 Å². The van der Waals surface area contributed by atoms with Crippen LogP contribution in [0.5, 0.6) is 11.5 Å². The first-order valence-electron chi connectivity index (χ1n) is 10.9. The van der Waals surface area contributed by atoms with Gasteiger partial charge in [-0.1, -0.05) is 38.1 Å². The van der Waals surface area contributed by atoms with E-state index in [0.29, 0.717) is 5.75 Å². The van der Waals surface area contributed by atoms with Gasteiger partial charge in [-0.25, -0.2) is 13.2 Å². The van der Waals surface area contributed by atoms with E-state index in [4.69, 9.17) is 9.47 Å². The van der Waals surface area contributed by atoms with Crippen LogP contribution in [0.4, 0.5) is 0 Å². The molecule has 184 valence electrons. The lowest BCUT2D eigenvalue weighted by Gasteiger charge is -2.35. The van der Waals surface area contributed by atoms with Crippen molar-refractivity contribution in [1.29, 1.82) is 0 Å². The highest BCUT2D eigenvalue weighted by atomic mass is 32.2.